The lowest BCUT2D eigenvalue weighted by Gasteiger charge is -2.17. The fourth-order valence-electron chi connectivity index (χ4n) is 1.95. The molecule has 0 amide bonds. The fraction of sp³-hybridized carbons (Fsp3) is 0.267. The lowest BCUT2D eigenvalue weighted by molar-refractivity contribution is -0.692. The van der Waals surface area contributed by atoms with Gasteiger partial charge in [-0.1, -0.05) is 6.07 Å². The summed E-state index contributed by atoms with van der Waals surface area (Å²) >= 11 is 6.78. The summed E-state index contributed by atoms with van der Waals surface area (Å²) in [7, 11) is 0. The van der Waals surface area contributed by atoms with Gasteiger partial charge in [0, 0.05) is 18.2 Å². The largest absolute Gasteiger partial charge is 0.758 e. The Labute approximate surface area is 128 Å². The van der Waals surface area contributed by atoms with Crippen LogP contribution in [0.1, 0.15) is 28.2 Å². The maximum Gasteiger partial charge on any atom is 0.244 e. The van der Waals surface area contributed by atoms with E-state index in [-0.39, 0.29) is 5.78 Å². The van der Waals surface area contributed by atoms with Gasteiger partial charge in [0.15, 0.2) is 12.4 Å². The molecule has 0 bridgehead atoms. The minimum absolute atomic E-state index is 0.00204. The van der Waals surface area contributed by atoms with Crippen LogP contribution < -0.4 is 4.57 Å². The third kappa shape index (κ3) is 3.29. The highest BCUT2D eigenvalue weighted by Crippen LogP contribution is 2.16. The predicted octanol–water partition coefficient (Wildman–Crippen LogP) is 2.73. The van der Waals surface area contributed by atoms with E-state index in [1.807, 2.05) is 60.5 Å². The summed E-state index contributed by atoms with van der Waals surface area (Å²) < 4.78 is 1.85. The first-order valence-corrected chi connectivity index (χ1v) is 7.68. The van der Waals surface area contributed by atoms with Crippen molar-refractivity contribution in [2.24, 2.45) is 4.99 Å². The molecular weight excluding hydrogens is 288 g/mol. The molecule has 2 rings (SSSR count). The normalized spacial score (nSPS) is 13.2. The molecule has 0 saturated carbocycles. The molecule has 0 aliphatic rings. The first kappa shape index (κ1) is 14.8. The molecule has 2 heterocycles. The number of carbonyl (C=O) groups is 1. The summed E-state index contributed by atoms with van der Waals surface area (Å²) in [5.74, 6) is -0.00204. The molecule has 1 unspecified atom stereocenters. The average Bonchev–Trinajstić information content (AvgIpc) is 2.93. The lowest BCUT2D eigenvalue weighted by Crippen LogP contribution is -2.47. The molecule has 104 valence electrons. The SMILES string of the molecule is CCN=C([S-])C(C(=O)c1cccs1)[n+]1cccc(C)c1. The van der Waals surface area contributed by atoms with Crippen molar-refractivity contribution in [1.82, 2.24) is 0 Å². The van der Waals surface area contributed by atoms with E-state index in [2.05, 4.69) is 4.99 Å². The van der Waals surface area contributed by atoms with E-state index in [9.17, 15) is 4.79 Å². The second-order valence-electron chi connectivity index (χ2n) is 4.39. The molecule has 3 nitrogen and oxygen atoms in total. The van der Waals surface area contributed by atoms with Crippen molar-refractivity contribution in [3.8, 4) is 0 Å². The van der Waals surface area contributed by atoms with Crippen molar-refractivity contribution >= 4 is 34.8 Å². The number of nitrogens with zero attached hydrogens (tertiary/aromatic N) is 2. The number of hydrogen-bond donors (Lipinski definition) is 0. The van der Waals surface area contributed by atoms with Gasteiger partial charge in [-0.25, -0.2) is 0 Å². The summed E-state index contributed by atoms with van der Waals surface area (Å²) in [5.41, 5.74) is 1.08. The number of thiophene rings is 1. The van der Waals surface area contributed by atoms with Crippen LogP contribution in [-0.2, 0) is 12.6 Å². The molecule has 1 atom stereocenters. The Bertz CT molecular complexity index is 621. The van der Waals surface area contributed by atoms with E-state index in [0.29, 0.717) is 16.5 Å². The zero-order valence-electron chi connectivity index (χ0n) is 11.4. The highest BCUT2D eigenvalue weighted by molar-refractivity contribution is 7.77. The monoisotopic (exact) mass is 304 g/mol. The second kappa shape index (κ2) is 6.72. The highest BCUT2D eigenvalue weighted by atomic mass is 32.1. The fourth-order valence-corrected chi connectivity index (χ4v) is 2.99. The van der Waals surface area contributed by atoms with Crippen LogP contribution in [0.5, 0.6) is 0 Å². The summed E-state index contributed by atoms with van der Waals surface area (Å²) in [6.45, 7) is 4.49. The molecule has 0 saturated heterocycles. The Morgan fingerprint density at radius 2 is 2.25 bits per heavy atom. The summed E-state index contributed by atoms with van der Waals surface area (Å²) in [5, 5.41) is 2.33. The van der Waals surface area contributed by atoms with Gasteiger partial charge in [0.2, 0.25) is 11.8 Å². The number of aromatic nitrogens is 1. The zero-order chi connectivity index (χ0) is 14.5. The molecule has 0 aliphatic carbocycles. The van der Waals surface area contributed by atoms with Gasteiger partial charge >= 0.3 is 0 Å². The molecule has 20 heavy (non-hydrogen) atoms. The van der Waals surface area contributed by atoms with Crippen LogP contribution in [0.25, 0.3) is 0 Å². The first-order chi connectivity index (χ1) is 9.63. The second-order valence-corrected chi connectivity index (χ2v) is 5.75. The molecule has 0 aromatic carbocycles. The molecule has 5 heteroatoms. The van der Waals surface area contributed by atoms with Crippen LogP contribution in [0.4, 0.5) is 0 Å². The Morgan fingerprint density at radius 3 is 2.85 bits per heavy atom. The molecule has 2 aromatic heterocycles. The standard InChI is InChI=1S/C15H16N2OS2/c1-3-16-15(19)13(14(18)12-7-5-9-20-12)17-8-4-6-11(2)10-17/h4-10,13H,3H2,1-2H3. The van der Waals surface area contributed by atoms with Crippen molar-refractivity contribution in [2.45, 2.75) is 19.9 Å². The zero-order valence-corrected chi connectivity index (χ0v) is 13.1. The summed E-state index contributed by atoms with van der Waals surface area (Å²) in [6, 6.07) is 7.06. The summed E-state index contributed by atoms with van der Waals surface area (Å²) in [4.78, 5) is 17.6. The van der Waals surface area contributed by atoms with Crippen molar-refractivity contribution < 1.29 is 9.36 Å². The van der Waals surface area contributed by atoms with Crippen LogP contribution in [-0.4, -0.2) is 17.4 Å². The number of ketones is 1. The van der Waals surface area contributed by atoms with Crippen LogP contribution in [0.15, 0.2) is 47.0 Å². The number of aryl methyl sites for hydroxylation is 1. The third-order valence-corrected chi connectivity index (χ3v) is 4.07. The molecule has 0 spiro atoms. The minimum atomic E-state index is -0.538. The number of Topliss-reactive ketones (excluding diaryl/α,β-unsaturated/α-hetero) is 1. The van der Waals surface area contributed by atoms with Crippen LogP contribution >= 0.6 is 11.3 Å². The number of aliphatic imine (C=N–C) groups is 1. The molecular formula is C15H16N2OS2. The Kier molecular flexibility index (Phi) is 4.98. The van der Waals surface area contributed by atoms with E-state index in [1.54, 1.807) is 0 Å². The first-order valence-electron chi connectivity index (χ1n) is 6.40. The van der Waals surface area contributed by atoms with Gasteiger partial charge in [-0.15, -0.1) is 11.3 Å². The lowest BCUT2D eigenvalue weighted by atomic mass is 10.1. The average molecular weight is 304 g/mol. The third-order valence-electron chi connectivity index (χ3n) is 2.83. The van der Waals surface area contributed by atoms with Crippen molar-refractivity contribution in [3.63, 3.8) is 0 Å². The predicted molar refractivity (Wildman–Crippen MR) is 84.4 cm³/mol. The quantitative estimate of drug-likeness (QED) is 0.280. The number of carbonyl (C=O) groups excluding carboxylic acids is 1. The van der Waals surface area contributed by atoms with Gasteiger partial charge in [-0.3, -0.25) is 4.79 Å². The van der Waals surface area contributed by atoms with Gasteiger partial charge in [0.05, 0.1) is 4.88 Å². The van der Waals surface area contributed by atoms with E-state index < -0.39 is 6.04 Å². The van der Waals surface area contributed by atoms with Crippen LogP contribution in [0.3, 0.4) is 0 Å². The summed E-state index contributed by atoms with van der Waals surface area (Å²) in [6.07, 6.45) is 3.79. The number of rotatable bonds is 5. The molecule has 0 aliphatic heterocycles. The van der Waals surface area contributed by atoms with E-state index >= 15 is 0 Å². The Hall–Kier alpha value is -1.59. The maximum atomic E-state index is 12.7. The van der Waals surface area contributed by atoms with Gasteiger partial charge in [-0.2, -0.15) is 4.57 Å². The maximum absolute atomic E-state index is 12.7. The molecule has 2 aromatic rings. The highest BCUT2D eigenvalue weighted by Gasteiger charge is 2.28. The number of pyridine rings is 1. The van der Waals surface area contributed by atoms with Crippen LogP contribution in [0.2, 0.25) is 0 Å². The van der Waals surface area contributed by atoms with Gasteiger partial charge in [-0.05, 0) is 36.4 Å². The Morgan fingerprint density at radius 1 is 1.45 bits per heavy atom. The molecule has 0 radical (unpaired) electrons. The van der Waals surface area contributed by atoms with E-state index in [0.717, 1.165) is 5.56 Å². The molecule has 0 fully saturated rings. The minimum Gasteiger partial charge on any atom is -0.758 e. The molecule has 0 N–H and O–H groups in total. The van der Waals surface area contributed by atoms with Gasteiger partial charge < -0.3 is 17.6 Å². The number of hydrogen-bond acceptors (Lipinski definition) is 4. The smallest absolute Gasteiger partial charge is 0.244 e. The van der Waals surface area contributed by atoms with Crippen LogP contribution in [0, 0.1) is 6.92 Å². The van der Waals surface area contributed by atoms with E-state index in [4.69, 9.17) is 12.6 Å². The van der Waals surface area contributed by atoms with Gasteiger partial charge in [0.1, 0.15) is 0 Å². The van der Waals surface area contributed by atoms with Crippen molar-refractivity contribution in [2.75, 3.05) is 6.54 Å². The Balaban J connectivity index is 2.45. The topological polar surface area (TPSA) is 33.3 Å². The van der Waals surface area contributed by atoms with Crippen molar-refractivity contribution in [1.29, 1.82) is 0 Å². The van der Waals surface area contributed by atoms with Crippen molar-refractivity contribution in [3.05, 3.63) is 52.5 Å². The van der Waals surface area contributed by atoms with E-state index in [1.165, 1.54) is 11.3 Å². The van der Waals surface area contributed by atoms with Gasteiger partial charge in [0.25, 0.3) is 0 Å².